The standard InChI is InChI=1S/C18H20N2O5S/c1-12-4-9-15(26(23,24)19-2)10-16(12)17(21)20-11-13-5-7-14(8-6-13)18(22)25-3/h4-10,19H,11H2,1-3H3,(H,20,21). The summed E-state index contributed by atoms with van der Waals surface area (Å²) in [5.74, 6) is -0.813. The number of carbonyl (C=O) groups is 2. The van der Waals surface area contributed by atoms with E-state index < -0.39 is 16.0 Å². The van der Waals surface area contributed by atoms with Gasteiger partial charge in [0, 0.05) is 12.1 Å². The Labute approximate surface area is 152 Å². The molecule has 0 aromatic heterocycles. The highest BCUT2D eigenvalue weighted by Crippen LogP contribution is 2.16. The Morgan fingerprint density at radius 2 is 1.73 bits per heavy atom. The van der Waals surface area contributed by atoms with E-state index in [0.29, 0.717) is 11.1 Å². The molecule has 0 heterocycles. The van der Waals surface area contributed by atoms with E-state index >= 15 is 0 Å². The van der Waals surface area contributed by atoms with Gasteiger partial charge in [0.25, 0.3) is 5.91 Å². The van der Waals surface area contributed by atoms with Crippen LogP contribution in [0.4, 0.5) is 0 Å². The molecular weight excluding hydrogens is 356 g/mol. The molecule has 0 atom stereocenters. The Kier molecular flexibility index (Phi) is 6.12. The lowest BCUT2D eigenvalue weighted by molar-refractivity contribution is 0.0600. The molecular formula is C18H20N2O5S. The molecule has 0 bridgehead atoms. The van der Waals surface area contributed by atoms with Crippen molar-refractivity contribution < 1.29 is 22.7 Å². The van der Waals surface area contributed by atoms with Crippen LogP contribution in [-0.2, 0) is 21.3 Å². The molecule has 0 aliphatic rings. The number of nitrogens with one attached hydrogen (secondary N) is 2. The summed E-state index contributed by atoms with van der Waals surface area (Å²) in [6.07, 6.45) is 0. The number of esters is 1. The van der Waals surface area contributed by atoms with Gasteiger partial charge in [0.15, 0.2) is 0 Å². The summed E-state index contributed by atoms with van der Waals surface area (Å²) < 4.78 is 30.6. The van der Waals surface area contributed by atoms with Crippen molar-refractivity contribution in [3.05, 3.63) is 64.7 Å². The third kappa shape index (κ3) is 4.47. The summed E-state index contributed by atoms with van der Waals surface area (Å²) in [6.45, 7) is 1.97. The minimum Gasteiger partial charge on any atom is -0.465 e. The highest BCUT2D eigenvalue weighted by molar-refractivity contribution is 7.89. The van der Waals surface area contributed by atoms with Crippen LogP contribution in [0.3, 0.4) is 0 Å². The van der Waals surface area contributed by atoms with Gasteiger partial charge in [-0.05, 0) is 49.4 Å². The van der Waals surface area contributed by atoms with Crippen LogP contribution in [0.5, 0.6) is 0 Å². The summed E-state index contributed by atoms with van der Waals surface area (Å²) in [4.78, 5) is 23.9. The topological polar surface area (TPSA) is 102 Å². The van der Waals surface area contributed by atoms with Crippen LogP contribution in [0.25, 0.3) is 0 Å². The van der Waals surface area contributed by atoms with Gasteiger partial charge in [-0.3, -0.25) is 4.79 Å². The molecule has 1 amide bonds. The van der Waals surface area contributed by atoms with Crippen molar-refractivity contribution in [2.24, 2.45) is 0 Å². The number of ether oxygens (including phenoxy) is 1. The molecule has 0 aliphatic carbocycles. The normalized spacial score (nSPS) is 11.0. The average Bonchev–Trinajstić information content (AvgIpc) is 2.66. The largest absolute Gasteiger partial charge is 0.465 e. The van der Waals surface area contributed by atoms with Gasteiger partial charge in [-0.25, -0.2) is 17.9 Å². The van der Waals surface area contributed by atoms with E-state index in [1.54, 1.807) is 37.3 Å². The number of rotatable bonds is 6. The van der Waals surface area contributed by atoms with Gasteiger partial charge in [0.2, 0.25) is 10.0 Å². The molecule has 2 aromatic rings. The number of hydrogen-bond acceptors (Lipinski definition) is 5. The molecule has 2 rings (SSSR count). The van der Waals surface area contributed by atoms with Crippen LogP contribution >= 0.6 is 0 Å². The smallest absolute Gasteiger partial charge is 0.337 e. The van der Waals surface area contributed by atoms with Crippen LogP contribution < -0.4 is 10.0 Å². The van der Waals surface area contributed by atoms with Crippen molar-refractivity contribution in [2.45, 2.75) is 18.4 Å². The average molecular weight is 376 g/mol. The first kappa shape index (κ1) is 19.6. The van der Waals surface area contributed by atoms with Crippen LogP contribution in [0.2, 0.25) is 0 Å². The van der Waals surface area contributed by atoms with Crippen LogP contribution in [0.1, 0.15) is 31.8 Å². The Balaban J connectivity index is 2.13. The summed E-state index contributed by atoms with van der Waals surface area (Å²) in [5, 5.41) is 2.75. The highest BCUT2D eigenvalue weighted by Gasteiger charge is 2.16. The lowest BCUT2D eigenvalue weighted by Gasteiger charge is -2.10. The molecule has 138 valence electrons. The Morgan fingerprint density at radius 1 is 1.08 bits per heavy atom. The number of carbonyl (C=O) groups excluding carboxylic acids is 2. The second-order valence-electron chi connectivity index (χ2n) is 5.56. The van der Waals surface area contributed by atoms with Crippen LogP contribution in [-0.4, -0.2) is 34.5 Å². The van der Waals surface area contributed by atoms with E-state index in [1.807, 2.05) is 0 Å². The fourth-order valence-electron chi connectivity index (χ4n) is 2.28. The number of benzene rings is 2. The predicted octanol–water partition coefficient (Wildman–Crippen LogP) is 1.62. The fraction of sp³-hybridized carbons (Fsp3) is 0.222. The maximum atomic E-state index is 12.4. The van der Waals surface area contributed by atoms with Crippen molar-refractivity contribution in [3.8, 4) is 0 Å². The third-order valence-electron chi connectivity index (χ3n) is 3.86. The van der Waals surface area contributed by atoms with Gasteiger partial charge in [0.05, 0.1) is 17.6 Å². The summed E-state index contributed by atoms with van der Waals surface area (Å²) in [5.41, 5.74) is 2.16. The second kappa shape index (κ2) is 8.11. The van der Waals surface area contributed by atoms with Gasteiger partial charge < -0.3 is 10.1 Å². The molecule has 2 aromatic carbocycles. The number of aryl methyl sites for hydroxylation is 1. The zero-order chi connectivity index (χ0) is 19.3. The van der Waals surface area contributed by atoms with E-state index in [9.17, 15) is 18.0 Å². The fourth-order valence-corrected chi connectivity index (χ4v) is 3.04. The number of amides is 1. The molecule has 0 unspecified atom stereocenters. The quantitative estimate of drug-likeness (QED) is 0.746. The van der Waals surface area contributed by atoms with Crippen LogP contribution in [0.15, 0.2) is 47.4 Å². The minimum absolute atomic E-state index is 0.0261. The lowest BCUT2D eigenvalue weighted by atomic mass is 10.1. The summed E-state index contributed by atoms with van der Waals surface area (Å²) >= 11 is 0. The molecule has 8 heteroatoms. The van der Waals surface area contributed by atoms with Crippen molar-refractivity contribution in [1.29, 1.82) is 0 Å². The zero-order valence-corrected chi connectivity index (χ0v) is 15.5. The van der Waals surface area contributed by atoms with Gasteiger partial charge in [0.1, 0.15) is 0 Å². The minimum atomic E-state index is -3.63. The summed E-state index contributed by atoms with van der Waals surface area (Å²) in [6, 6.07) is 11.0. The monoisotopic (exact) mass is 376 g/mol. The number of methoxy groups -OCH3 is 1. The number of hydrogen-bond donors (Lipinski definition) is 2. The maximum Gasteiger partial charge on any atom is 0.337 e. The molecule has 0 fully saturated rings. The Morgan fingerprint density at radius 3 is 2.31 bits per heavy atom. The van der Waals surface area contributed by atoms with E-state index in [2.05, 4.69) is 14.8 Å². The Hall–Kier alpha value is -2.71. The predicted molar refractivity (Wildman–Crippen MR) is 96.4 cm³/mol. The van der Waals surface area contributed by atoms with E-state index in [-0.39, 0.29) is 22.9 Å². The van der Waals surface area contributed by atoms with Gasteiger partial charge in [-0.1, -0.05) is 18.2 Å². The molecule has 0 saturated carbocycles. The Bertz CT molecular complexity index is 921. The summed E-state index contributed by atoms with van der Waals surface area (Å²) in [7, 11) is -1.01. The second-order valence-corrected chi connectivity index (χ2v) is 7.44. The van der Waals surface area contributed by atoms with Gasteiger partial charge in [-0.15, -0.1) is 0 Å². The molecule has 26 heavy (non-hydrogen) atoms. The first-order chi connectivity index (χ1) is 12.3. The van der Waals surface area contributed by atoms with Crippen molar-refractivity contribution in [2.75, 3.05) is 14.2 Å². The van der Waals surface area contributed by atoms with Gasteiger partial charge >= 0.3 is 5.97 Å². The lowest BCUT2D eigenvalue weighted by Crippen LogP contribution is -2.25. The first-order valence-corrected chi connectivity index (χ1v) is 9.26. The highest BCUT2D eigenvalue weighted by atomic mass is 32.2. The molecule has 0 radical (unpaired) electrons. The van der Waals surface area contributed by atoms with Crippen molar-refractivity contribution in [3.63, 3.8) is 0 Å². The zero-order valence-electron chi connectivity index (χ0n) is 14.7. The third-order valence-corrected chi connectivity index (χ3v) is 5.27. The van der Waals surface area contributed by atoms with Gasteiger partial charge in [-0.2, -0.15) is 0 Å². The molecule has 0 aliphatic heterocycles. The first-order valence-electron chi connectivity index (χ1n) is 7.78. The van der Waals surface area contributed by atoms with Crippen LogP contribution in [0, 0.1) is 6.92 Å². The number of sulfonamides is 1. The SMILES string of the molecule is CNS(=O)(=O)c1ccc(C)c(C(=O)NCc2ccc(C(=O)OC)cc2)c1. The molecule has 2 N–H and O–H groups in total. The molecule has 0 spiro atoms. The van der Waals surface area contributed by atoms with Crippen molar-refractivity contribution >= 4 is 21.9 Å². The molecule has 7 nitrogen and oxygen atoms in total. The van der Waals surface area contributed by atoms with E-state index in [4.69, 9.17) is 0 Å². The van der Waals surface area contributed by atoms with E-state index in [0.717, 1.165) is 5.56 Å². The van der Waals surface area contributed by atoms with E-state index in [1.165, 1.54) is 26.3 Å². The maximum absolute atomic E-state index is 12.4. The van der Waals surface area contributed by atoms with Crippen molar-refractivity contribution in [1.82, 2.24) is 10.0 Å². The molecule has 0 saturated heterocycles.